The molecular weight excluding hydrogens is 403 g/mol. The number of hydrogen-bond donors (Lipinski definition) is 3. The van der Waals surface area contributed by atoms with Crippen molar-refractivity contribution >= 4 is 35.8 Å². The van der Waals surface area contributed by atoms with Crippen LogP contribution in [0.4, 0.5) is 0 Å². The van der Waals surface area contributed by atoms with E-state index in [1.54, 1.807) is 0 Å². The molecule has 1 aliphatic carbocycles. The summed E-state index contributed by atoms with van der Waals surface area (Å²) < 4.78 is 0. The second-order valence-corrected chi connectivity index (χ2v) is 6.63. The largest absolute Gasteiger partial charge is 0.357 e. The summed E-state index contributed by atoms with van der Waals surface area (Å²) in [7, 11) is 0. The molecule has 6 heteroatoms. The number of nitrogens with one attached hydrogen (secondary N) is 3. The topological polar surface area (TPSA) is 65.5 Å². The Kier molecular flexibility index (Phi) is 11.6. The summed E-state index contributed by atoms with van der Waals surface area (Å²) in [6, 6.07) is 0. The molecule has 0 heterocycles. The third kappa shape index (κ3) is 8.22. The van der Waals surface area contributed by atoms with Gasteiger partial charge in [-0.1, -0.05) is 33.6 Å². The van der Waals surface area contributed by atoms with Gasteiger partial charge in [0.1, 0.15) is 0 Å². The zero-order chi connectivity index (χ0) is 16.4. The van der Waals surface area contributed by atoms with Gasteiger partial charge in [-0.2, -0.15) is 0 Å². The maximum Gasteiger partial charge on any atom is 0.222 e. The third-order valence-corrected chi connectivity index (χ3v) is 4.57. The van der Waals surface area contributed by atoms with Crippen molar-refractivity contribution in [2.75, 3.05) is 26.2 Å². The molecule has 0 atom stereocenters. The van der Waals surface area contributed by atoms with Gasteiger partial charge in [0.25, 0.3) is 0 Å². The first kappa shape index (κ1) is 22.5. The van der Waals surface area contributed by atoms with Crippen molar-refractivity contribution in [1.29, 1.82) is 0 Å². The van der Waals surface area contributed by atoms with Crippen molar-refractivity contribution in [3.63, 3.8) is 0 Å². The Labute approximate surface area is 158 Å². The van der Waals surface area contributed by atoms with E-state index in [0.717, 1.165) is 19.0 Å². The first-order valence-electron chi connectivity index (χ1n) is 8.83. The zero-order valence-electron chi connectivity index (χ0n) is 15.2. The van der Waals surface area contributed by atoms with Crippen LogP contribution in [0.3, 0.4) is 0 Å². The molecule has 0 bridgehead atoms. The fourth-order valence-electron chi connectivity index (χ4n) is 2.91. The standard InChI is InChI=1S/C17H34N4O.HI/c1-5-17(9-7-8-10-17)13-21-16(18-6-2)20-12-11-19-15(22)14(3)4;/h14H,5-13H2,1-4H3,(H,19,22)(H2,18,20,21);1H. The van der Waals surface area contributed by atoms with Crippen molar-refractivity contribution in [2.45, 2.75) is 59.8 Å². The second kappa shape index (κ2) is 11.9. The van der Waals surface area contributed by atoms with Crippen LogP contribution in [0.5, 0.6) is 0 Å². The second-order valence-electron chi connectivity index (χ2n) is 6.63. The summed E-state index contributed by atoms with van der Waals surface area (Å²) >= 11 is 0. The first-order valence-corrected chi connectivity index (χ1v) is 8.83. The fourth-order valence-corrected chi connectivity index (χ4v) is 2.91. The first-order chi connectivity index (χ1) is 10.5. The van der Waals surface area contributed by atoms with E-state index in [-0.39, 0.29) is 35.8 Å². The zero-order valence-corrected chi connectivity index (χ0v) is 17.5. The number of carbonyl (C=O) groups excluding carboxylic acids is 1. The number of rotatable bonds is 8. The number of hydrogen-bond acceptors (Lipinski definition) is 2. The molecule has 0 radical (unpaired) electrons. The molecule has 0 spiro atoms. The molecule has 3 N–H and O–H groups in total. The highest BCUT2D eigenvalue weighted by Gasteiger charge is 2.31. The van der Waals surface area contributed by atoms with Crippen LogP contribution in [0.25, 0.3) is 0 Å². The van der Waals surface area contributed by atoms with Crippen LogP contribution >= 0.6 is 24.0 Å². The Morgan fingerprint density at radius 3 is 2.22 bits per heavy atom. The molecule has 1 amide bonds. The van der Waals surface area contributed by atoms with Crippen molar-refractivity contribution in [3.05, 3.63) is 0 Å². The lowest BCUT2D eigenvalue weighted by molar-refractivity contribution is -0.123. The summed E-state index contributed by atoms with van der Waals surface area (Å²) in [6.07, 6.45) is 6.50. The lowest BCUT2D eigenvalue weighted by Crippen LogP contribution is -2.42. The van der Waals surface area contributed by atoms with Crippen LogP contribution in [0.1, 0.15) is 59.8 Å². The van der Waals surface area contributed by atoms with E-state index in [1.165, 1.54) is 32.1 Å². The summed E-state index contributed by atoms with van der Waals surface area (Å²) in [5.41, 5.74) is 0.411. The lowest BCUT2D eigenvalue weighted by Gasteiger charge is -2.25. The van der Waals surface area contributed by atoms with E-state index in [1.807, 2.05) is 13.8 Å². The van der Waals surface area contributed by atoms with Gasteiger partial charge in [-0.25, -0.2) is 0 Å². The van der Waals surface area contributed by atoms with E-state index in [9.17, 15) is 4.79 Å². The van der Waals surface area contributed by atoms with Gasteiger partial charge in [0, 0.05) is 32.1 Å². The maximum absolute atomic E-state index is 11.5. The molecule has 1 rings (SSSR count). The van der Waals surface area contributed by atoms with Crippen LogP contribution in [-0.2, 0) is 4.79 Å². The van der Waals surface area contributed by atoms with E-state index < -0.39 is 0 Å². The number of amides is 1. The van der Waals surface area contributed by atoms with Gasteiger partial charge in [-0.15, -0.1) is 24.0 Å². The van der Waals surface area contributed by atoms with E-state index in [0.29, 0.717) is 18.5 Å². The molecule has 1 saturated carbocycles. The highest BCUT2D eigenvalue weighted by molar-refractivity contribution is 14.0. The van der Waals surface area contributed by atoms with Crippen molar-refractivity contribution in [3.8, 4) is 0 Å². The summed E-state index contributed by atoms with van der Waals surface area (Å²) in [4.78, 5) is 16.3. The number of guanidine groups is 1. The maximum atomic E-state index is 11.5. The number of nitrogens with zero attached hydrogens (tertiary/aromatic N) is 1. The fraction of sp³-hybridized carbons (Fsp3) is 0.882. The molecule has 0 aromatic rings. The molecule has 1 fully saturated rings. The van der Waals surface area contributed by atoms with Gasteiger partial charge < -0.3 is 16.0 Å². The minimum Gasteiger partial charge on any atom is -0.357 e. The molecule has 0 aliphatic heterocycles. The van der Waals surface area contributed by atoms with Gasteiger partial charge in [-0.3, -0.25) is 9.79 Å². The summed E-state index contributed by atoms with van der Waals surface area (Å²) in [6.45, 7) is 11.2. The Bertz CT molecular complexity index is 366. The number of carbonyl (C=O) groups is 1. The van der Waals surface area contributed by atoms with Crippen molar-refractivity contribution < 1.29 is 4.79 Å². The van der Waals surface area contributed by atoms with Crippen molar-refractivity contribution in [2.24, 2.45) is 16.3 Å². The summed E-state index contributed by atoms with van der Waals surface area (Å²) in [5, 5.41) is 9.50. The van der Waals surface area contributed by atoms with Crippen molar-refractivity contribution in [1.82, 2.24) is 16.0 Å². The molecule has 5 nitrogen and oxygen atoms in total. The third-order valence-electron chi connectivity index (χ3n) is 4.57. The average molecular weight is 438 g/mol. The number of halogens is 1. The monoisotopic (exact) mass is 438 g/mol. The quantitative estimate of drug-likeness (QED) is 0.236. The van der Waals surface area contributed by atoms with Crippen LogP contribution in [0.15, 0.2) is 4.99 Å². The average Bonchev–Trinajstić information content (AvgIpc) is 2.98. The van der Waals surface area contributed by atoms with Gasteiger partial charge in [0.05, 0.1) is 0 Å². The van der Waals surface area contributed by atoms with Gasteiger partial charge in [0.2, 0.25) is 5.91 Å². The van der Waals surface area contributed by atoms with Crippen LogP contribution in [-0.4, -0.2) is 38.0 Å². The minimum atomic E-state index is 0. The van der Waals surface area contributed by atoms with Gasteiger partial charge in [0.15, 0.2) is 5.96 Å². The van der Waals surface area contributed by atoms with Gasteiger partial charge in [-0.05, 0) is 31.6 Å². The number of aliphatic imine (C=N–C) groups is 1. The highest BCUT2D eigenvalue weighted by Crippen LogP contribution is 2.41. The predicted molar refractivity (Wildman–Crippen MR) is 108 cm³/mol. The highest BCUT2D eigenvalue weighted by atomic mass is 127. The SMILES string of the molecule is CCNC(=NCC1(CC)CCCC1)NCCNC(=O)C(C)C.I. The summed E-state index contributed by atoms with van der Waals surface area (Å²) in [5.74, 6) is 0.995. The Morgan fingerprint density at radius 2 is 1.70 bits per heavy atom. The van der Waals surface area contributed by atoms with E-state index in [4.69, 9.17) is 4.99 Å². The molecule has 0 saturated heterocycles. The molecular formula is C17H35IN4O. The minimum absolute atomic E-state index is 0. The molecule has 1 aliphatic rings. The Balaban J connectivity index is 0.00000484. The molecule has 0 unspecified atom stereocenters. The smallest absolute Gasteiger partial charge is 0.222 e. The predicted octanol–water partition coefficient (Wildman–Crippen LogP) is 2.90. The van der Waals surface area contributed by atoms with Gasteiger partial charge >= 0.3 is 0 Å². The molecule has 23 heavy (non-hydrogen) atoms. The molecule has 0 aromatic heterocycles. The van der Waals surface area contributed by atoms with Crippen LogP contribution in [0, 0.1) is 11.3 Å². The molecule has 0 aromatic carbocycles. The van der Waals surface area contributed by atoms with E-state index in [2.05, 4.69) is 29.8 Å². The molecule has 136 valence electrons. The van der Waals surface area contributed by atoms with E-state index >= 15 is 0 Å². The normalized spacial score (nSPS) is 16.8. The van der Waals surface area contributed by atoms with Crippen LogP contribution in [0.2, 0.25) is 0 Å². The lowest BCUT2D eigenvalue weighted by atomic mass is 9.84. The Hall–Kier alpha value is -0.530. The Morgan fingerprint density at radius 1 is 1.09 bits per heavy atom. The van der Waals surface area contributed by atoms with Crippen LogP contribution < -0.4 is 16.0 Å².